The average Bonchev–Trinajstić information content (AvgIpc) is 3.55. The Balaban J connectivity index is 1.20. The van der Waals surface area contributed by atoms with Crippen LogP contribution in [0.3, 0.4) is 0 Å². The van der Waals surface area contributed by atoms with Crippen LogP contribution in [0.2, 0.25) is 0 Å². The molecule has 5 rings (SSSR count). The molecule has 0 radical (unpaired) electrons. The van der Waals surface area contributed by atoms with Gasteiger partial charge in [0, 0.05) is 19.2 Å². The van der Waals surface area contributed by atoms with Crippen molar-refractivity contribution in [2.24, 2.45) is 5.92 Å². The van der Waals surface area contributed by atoms with E-state index in [-0.39, 0.29) is 6.42 Å². The van der Waals surface area contributed by atoms with Crippen molar-refractivity contribution in [2.45, 2.75) is 45.1 Å². The van der Waals surface area contributed by atoms with Gasteiger partial charge in [0.05, 0.1) is 30.4 Å². The third-order valence-electron chi connectivity index (χ3n) is 6.44. The van der Waals surface area contributed by atoms with Crippen LogP contribution in [0.15, 0.2) is 42.9 Å². The lowest BCUT2D eigenvalue weighted by Gasteiger charge is -2.22. The SMILES string of the molecule is O=C(O)CCCCOc1ccc(-n2nnc3cnc(Nc4cnn(CCC5CCNCC5)c4)nc32)cc1. The summed E-state index contributed by atoms with van der Waals surface area (Å²) in [5.41, 5.74) is 2.78. The van der Waals surface area contributed by atoms with Crippen molar-refractivity contribution in [1.82, 2.24) is 40.1 Å². The molecule has 3 aromatic heterocycles. The number of aryl methyl sites for hydroxylation is 1. The summed E-state index contributed by atoms with van der Waals surface area (Å²) >= 11 is 0. The van der Waals surface area contributed by atoms with Crippen molar-refractivity contribution in [3.8, 4) is 11.4 Å². The third-order valence-corrected chi connectivity index (χ3v) is 6.44. The molecular weight excluding hydrogens is 474 g/mol. The number of nitrogens with zero attached hydrogens (tertiary/aromatic N) is 7. The number of aromatic nitrogens is 7. The molecule has 0 saturated carbocycles. The summed E-state index contributed by atoms with van der Waals surface area (Å²) in [7, 11) is 0. The van der Waals surface area contributed by atoms with Gasteiger partial charge in [-0.25, -0.2) is 4.98 Å². The average molecular weight is 506 g/mol. The maximum absolute atomic E-state index is 10.6. The molecule has 12 nitrogen and oxygen atoms in total. The molecule has 0 atom stereocenters. The summed E-state index contributed by atoms with van der Waals surface area (Å²) in [6.07, 6.45) is 10.4. The number of carbonyl (C=O) groups is 1. The predicted molar refractivity (Wildman–Crippen MR) is 137 cm³/mol. The number of ether oxygens (including phenoxy) is 1. The number of unbranched alkanes of at least 4 members (excludes halogenated alkanes) is 1. The number of hydrogen-bond donors (Lipinski definition) is 3. The maximum Gasteiger partial charge on any atom is 0.303 e. The first-order valence-corrected chi connectivity index (χ1v) is 12.7. The summed E-state index contributed by atoms with van der Waals surface area (Å²) in [6.45, 7) is 3.58. The quantitative estimate of drug-likeness (QED) is 0.245. The van der Waals surface area contributed by atoms with Gasteiger partial charge in [-0.3, -0.25) is 9.48 Å². The second-order valence-electron chi connectivity index (χ2n) is 9.20. The van der Waals surface area contributed by atoms with Crippen LogP contribution in [0.5, 0.6) is 5.75 Å². The van der Waals surface area contributed by atoms with Crippen molar-refractivity contribution < 1.29 is 14.6 Å². The smallest absolute Gasteiger partial charge is 0.303 e. The fourth-order valence-corrected chi connectivity index (χ4v) is 4.38. The number of benzene rings is 1. The Kier molecular flexibility index (Phi) is 7.84. The number of hydrogen-bond acceptors (Lipinski definition) is 9. The van der Waals surface area contributed by atoms with Gasteiger partial charge in [0.2, 0.25) is 5.95 Å². The third kappa shape index (κ3) is 6.58. The molecule has 1 aromatic carbocycles. The van der Waals surface area contributed by atoms with Crippen LogP contribution in [0.1, 0.15) is 38.5 Å². The van der Waals surface area contributed by atoms with Crippen LogP contribution in [0.4, 0.5) is 11.6 Å². The number of rotatable bonds is 12. The van der Waals surface area contributed by atoms with E-state index >= 15 is 0 Å². The van der Waals surface area contributed by atoms with Crippen molar-refractivity contribution >= 4 is 28.8 Å². The molecule has 37 heavy (non-hydrogen) atoms. The molecule has 0 amide bonds. The van der Waals surface area contributed by atoms with Gasteiger partial charge in [0.15, 0.2) is 11.2 Å². The number of carboxylic acid groups (broad SMARTS) is 1. The van der Waals surface area contributed by atoms with Gasteiger partial charge in [-0.15, -0.1) is 5.10 Å². The molecule has 194 valence electrons. The number of piperidine rings is 1. The van der Waals surface area contributed by atoms with Crippen molar-refractivity contribution in [2.75, 3.05) is 25.0 Å². The highest BCUT2D eigenvalue weighted by Gasteiger charge is 2.14. The van der Waals surface area contributed by atoms with Crippen molar-refractivity contribution in [3.05, 3.63) is 42.9 Å². The summed E-state index contributed by atoms with van der Waals surface area (Å²) in [6, 6.07) is 7.45. The second-order valence-corrected chi connectivity index (χ2v) is 9.20. The molecule has 1 aliphatic rings. The molecule has 1 fully saturated rings. The predicted octanol–water partition coefficient (Wildman–Crippen LogP) is 3.17. The van der Waals surface area contributed by atoms with Crippen LogP contribution < -0.4 is 15.4 Å². The monoisotopic (exact) mass is 505 g/mol. The number of fused-ring (bicyclic) bond motifs is 1. The zero-order valence-corrected chi connectivity index (χ0v) is 20.6. The largest absolute Gasteiger partial charge is 0.494 e. The van der Waals surface area contributed by atoms with E-state index in [0.717, 1.165) is 43.3 Å². The summed E-state index contributed by atoms with van der Waals surface area (Å²) < 4.78 is 9.32. The molecule has 12 heteroatoms. The maximum atomic E-state index is 10.6. The molecule has 0 bridgehead atoms. The van der Waals surface area contributed by atoms with Gasteiger partial charge in [-0.1, -0.05) is 5.21 Å². The van der Waals surface area contributed by atoms with Crippen LogP contribution in [-0.4, -0.2) is 65.5 Å². The minimum Gasteiger partial charge on any atom is -0.494 e. The van der Waals surface area contributed by atoms with Gasteiger partial charge in [0.1, 0.15) is 5.75 Å². The zero-order valence-electron chi connectivity index (χ0n) is 20.6. The lowest BCUT2D eigenvalue weighted by molar-refractivity contribution is -0.137. The van der Waals surface area contributed by atoms with E-state index in [4.69, 9.17) is 9.84 Å². The van der Waals surface area contributed by atoms with Crippen LogP contribution in [-0.2, 0) is 11.3 Å². The Labute approximate surface area is 214 Å². The Morgan fingerprint density at radius 2 is 2.00 bits per heavy atom. The Hall–Kier alpha value is -4.06. The zero-order chi connectivity index (χ0) is 25.5. The molecule has 4 heterocycles. The fourth-order valence-electron chi connectivity index (χ4n) is 4.38. The molecule has 0 unspecified atom stereocenters. The van der Waals surface area contributed by atoms with E-state index in [2.05, 4.69) is 36.0 Å². The summed E-state index contributed by atoms with van der Waals surface area (Å²) in [5, 5.41) is 28.2. The first-order valence-electron chi connectivity index (χ1n) is 12.7. The minimum atomic E-state index is -0.787. The van der Waals surface area contributed by atoms with Crippen molar-refractivity contribution in [3.63, 3.8) is 0 Å². The highest BCUT2D eigenvalue weighted by molar-refractivity contribution is 5.72. The van der Waals surface area contributed by atoms with E-state index in [9.17, 15) is 4.79 Å². The molecule has 4 aromatic rings. The lowest BCUT2D eigenvalue weighted by Crippen LogP contribution is -2.28. The number of nitrogens with one attached hydrogen (secondary N) is 2. The molecule has 1 saturated heterocycles. The van der Waals surface area contributed by atoms with E-state index in [1.807, 2.05) is 35.1 Å². The molecule has 1 aliphatic heterocycles. The number of carboxylic acids is 1. The minimum absolute atomic E-state index is 0.154. The first-order chi connectivity index (χ1) is 18.1. The second kappa shape index (κ2) is 11.8. The van der Waals surface area contributed by atoms with Crippen molar-refractivity contribution in [1.29, 1.82) is 0 Å². The lowest BCUT2D eigenvalue weighted by atomic mass is 9.95. The highest BCUT2D eigenvalue weighted by atomic mass is 16.5. The number of aliphatic carboxylic acids is 1. The van der Waals surface area contributed by atoms with Gasteiger partial charge in [-0.05, 0) is 75.4 Å². The van der Waals surface area contributed by atoms with Crippen LogP contribution >= 0.6 is 0 Å². The van der Waals surface area contributed by atoms with E-state index < -0.39 is 5.97 Å². The topological polar surface area (TPSA) is 145 Å². The van der Waals surface area contributed by atoms with Gasteiger partial charge < -0.3 is 20.5 Å². The molecular formula is C25H31N9O3. The Morgan fingerprint density at radius 1 is 1.16 bits per heavy atom. The van der Waals surface area contributed by atoms with Gasteiger partial charge in [0.25, 0.3) is 0 Å². The standard InChI is InChI=1S/C25H31N9O3/c35-23(36)3-1-2-14-37-21-6-4-20(5-7-21)34-24-22(31-32-34)16-27-25(30-24)29-19-15-28-33(17-19)13-10-18-8-11-26-12-9-18/h4-7,15-18,26H,1-3,8-14H2,(H,35,36)(H,27,29,30). The van der Waals surface area contributed by atoms with Gasteiger partial charge in [-0.2, -0.15) is 14.8 Å². The number of anilines is 2. The van der Waals surface area contributed by atoms with Crippen LogP contribution in [0, 0.1) is 5.92 Å². The molecule has 0 spiro atoms. The van der Waals surface area contributed by atoms with Crippen LogP contribution in [0.25, 0.3) is 16.9 Å². The Bertz CT molecular complexity index is 1310. The molecule has 3 N–H and O–H groups in total. The first kappa shape index (κ1) is 24.6. The Morgan fingerprint density at radius 3 is 2.81 bits per heavy atom. The highest BCUT2D eigenvalue weighted by Crippen LogP contribution is 2.21. The van der Waals surface area contributed by atoms with E-state index in [0.29, 0.717) is 42.3 Å². The molecule has 0 aliphatic carbocycles. The summed E-state index contributed by atoms with van der Waals surface area (Å²) in [5.74, 6) is 1.11. The van der Waals surface area contributed by atoms with E-state index in [1.165, 1.54) is 12.8 Å². The van der Waals surface area contributed by atoms with Gasteiger partial charge >= 0.3 is 5.97 Å². The fraction of sp³-hybridized carbons (Fsp3) is 0.440. The normalized spacial score (nSPS) is 14.2. The summed E-state index contributed by atoms with van der Waals surface area (Å²) in [4.78, 5) is 19.6. The van der Waals surface area contributed by atoms with E-state index in [1.54, 1.807) is 17.1 Å².